The summed E-state index contributed by atoms with van der Waals surface area (Å²) in [6.07, 6.45) is 7.51. The molecular formula is C12H25N. The summed E-state index contributed by atoms with van der Waals surface area (Å²) in [5.74, 6) is 2.16. The SMILES string of the molecule is CC.CN1CC[C@@H]2CCCC[C@@H]2C1. The van der Waals surface area contributed by atoms with Gasteiger partial charge in [0.05, 0.1) is 0 Å². The minimum atomic E-state index is 1.06. The van der Waals surface area contributed by atoms with Crippen molar-refractivity contribution in [2.75, 3.05) is 20.1 Å². The van der Waals surface area contributed by atoms with Gasteiger partial charge in [-0.2, -0.15) is 0 Å². The zero-order valence-electron chi connectivity index (χ0n) is 9.55. The Morgan fingerprint density at radius 3 is 2.23 bits per heavy atom. The van der Waals surface area contributed by atoms with Crippen molar-refractivity contribution in [3.8, 4) is 0 Å². The van der Waals surface area contributed by atoms with Crippen LogP contribution in [-0.2, 0) is 0 Å². The molecule has 0 amide bonds. The molecule has 2 fully saturated rings. The highest BCUT2D eigenvalue weighted by atomic mass is 15.1. The van der Waals surface area contributed by atoms with Gasteiger partial charge in [0.15, 0.2) is 0 Å². The van der Waals surface area contributed by atoms with Gasteiger partial charge in [-0.3, -0.25) is 0 Å². The van der Waals surface area contributed by atoms with E-state index < -0.39 is 0 Å². The van der Waals surface area contributed by atoms with E-state index in [2.05, 4.69) is 11.9 Å². The zero-order chi connectivity index (χ0) is 9.68. The standard InChI is InChI=1S/C10H19N.C2H6/c1-11-7-6-9-4-2-3-5-10(9)8-11;1-2/h9-10H,2-8H2,1H3;1-2H3/t9-,10+;/m0./s1. The maximum atomic E-state index is 2.51. The molecule has 78 valence electrons. The van der Waals surface area contributed by atoms with E-state index in [1.54, 1.807) is 0 Å². The van der Waals surface area contributed by atoms with Crippen LogP contribution in [0, 0.1) is 11.8 Å². The highest BCUT2D eigenvalue weighted by molar-refractivity contribution is 4.81. The van der Waals surface area contributed by atoms with Crippen LogP contribution in [0.3, 0.4) is 0 Å². The van der Waals surface area contributed by atoms with E-state index in [1.165, 1.54) is 45.2 Å². The number of piperidine rings is 1. The van der Waals surface area contributed by atoms with Gasteiger partial charge in [0.25, 0.3) is 0 Å². The number of hydrogen-bond donors (Lipinski definition) is 0. The zero-order valence-corrected chi connectivity index (χ0v) is 9.55. The van der Waals surface area contributed by atoms with Gasteiger partial charge < -0.3 is 4.90 Å². The van der Waals surface area contributed by atoms with Crippen LogP contribution in [0.1, 0.15) is 46.0 Å². The third-order valence-electron chi connectivity index (χ3n) is 3.49. The van der Waals surface area contributed by atoms with Crippen LogP contribution in [0.2, 0.25) is 0 Å². The molecule has 1 nitrogen and oxygen atoms in total. The number of nitrogens with zero attached hydrogens (tertiary/aromatic N) is 1. The Bertz CT molecular complexity index is 133. The quantitative estimate of drug-likeness (QED) is 0.557. The van der Waals surface area contributed by atoms with Crippen LogP contribution in [0.15, 0.2) is 0 Å². The third kappa shape index (κ3) is 2.98. The lowest BCUT2D eigenvalue weighted by molar-refractivity contribution is 0.105. The number of fused-ring (bicyclic) bond motifs is 1. The lowest BCUT2D eigenvalue weighted by Crippen LogP contribution is -2.39. The summed E-state index contributed by atoms with van der Waals surface area (Å²) < 4.78 is 0. The highest BCUT2D eigenvalue weighted by Crippen LogP contribution is 2.35. The lowest BCUT2D eigenvalue weighted by Gasteiger charge is -2.39. The van der Waals surface area contributed by atoms with Crippen LogP contribution in [0.5, 0.6) is 0 Å². The highest BCUT2D eigenvalue weighted by Gasteiger charge is 2.29. The van der Waals surface area contributed by atoms with Gasteiger partial charge in [0.2, 0.25) is 0 Å². The molecule has 0 unspecified atom stereocenters. The van der Waals surface area contributed by atoms with Crippen LogP contribution >= 0.6 is 0 Å². The molecule has 0 bridgehead atoms. The molecule has 2 rings (SSSR count). The minimum Gasteiger partial charge on any atom is -0.306 e. The average Bonchev–Trinajstić information content (AvgIpc) is 2.21. The van der Waals surface area contributed by atoms with Crippen molar-refractivity contribution in [2.24, 2.45) is 11.8 Å². The first-order valence-electron chi connectivity index (χ1n) is 6.05. The molecule has 1 aliphatic carbocycles. The molecule has 0 aromatic heterocycles. The fourth-order valence-electron chi connectivity index (χ4n) is 2.78. The van der Waals surface area contributed by atoms with E-state index >= 15 is 0 Å². The third-order valence-corrected chi connectivity index (χ3v) is 3.49. The van der Waals surface area contributed by atoms with E-state index in [0.717, 1.165) is 11.8 Å². The molecule has 0 spiro atoms. The van der Waals surface area contributed by atoms with E-state index in [1.807, 2.05) is 13.8 Å². The molecule has 2 aliphatic rings. The average molecular weight is 183 g/mol. The molecule has 0 radical (unpaired) electrons. The van der Waals surface area contributed by atoms with Crippen LogP contribution < -0.4 is 0 Å². The maximum absolute atomic E-state index is 2.51. The summed E-state index contributed by atoms with van der Waals surface area (Å²) in [7, 11) is 2.27. The Morgan fingerprint density at radius 2 is 1.54 bits per heavy atom. The van der Waals surface area contributed by atoms with Crippen LogP contribution in [-0.4, -0.2) is 25.0 Å². The van der Waals surface area contributed by atoms with Gasteiger partial charge in [-0.05, 0) is 38.3 Å². The van der Waals surface area contributed by atoms with E-state index in [-0.39, 0.29) is 0 Å². The van der Waals surface area contributed by atoms with Gasteiger partial charge in [0, 0.05) is 6.54 Å². The van der Waals surface area contributed by atoms with Gasteiger partial charge in [-0.15, -0.1) is 0 Å². The predicted molar refractivity (Wildman–Crippen MR) is 58.9 cm³/mol. The summed E-state index contributed by atoms with van der Waals surface area (Å²) in [5, 5.41) is 0. The summed E-state index contributed by atoms with van der Waals surface area (Å²) in [6, 6.07) is 0. The number of likely N-dealkylation sites (tertiary alicyclic amines) is 1. The topological polar surface area (TPSA) is 3.24 Å². The number of hydrogen-bond acceptors (Lipinski definition) is 1. The summed E-state index contributed by atoms with van der Waals surface area (Å²) in [5.41, 5.74) is 0. The summed E-state index contributed by atoms with van der Waals surface area (Å²) >= 11 is 0. The Morgan fingerprint density at radius 1 is 0.923 bits per heavy atom. The molecule has 13 heavy (non-hydrogen) atoms. The monoisotopic (exact) mass is 183 g/mol. The Labute approximate surface area is 83.5 Å². The first-order chi connectivity index (χ1) is 6.36. The van der Waals surface area contributed by atoms with Crippen LogP contribution in [0.4, 0.5) is 0 Å². The Kier molecular flexibility index (Phi) is 4.79. The smallest absolute Gasteiger partial charge is 0.000926 e. The summed E-state index contributed by atoms with van der Waals surface area (Å²) in [6.45, 7) is 6.73. The van der Waals surface area contributed by atoms with Crippen molar-refractivity contribution in [1.29, 1.82) is 0 Å². The molecule has 1 saturated carbocycles. The van der Waals surface area contributed by atoms with Crippen molar-refractivity contribution in [3.63, 3.8) is 0 Å². The van der Waals surface area contributed by atoms with Gasteiger partial charge in [-0.1, -0.05) is 33.1 Å². The fraction of sp³-hybridized carbons (Fsp3) is 1.00. The van der Waals surface area contributed by atoms with E-state index in [9.17, 15) is 0 Å². The largest absolute Gasteiger partial charge is 0.306 e. The van der Waals surface area contributed by atoms with Gasteiger partial charge in [-0.25, -0.2) is 0 Å². The molecule has 0 aromatic carbocycles. The molecular weight excluding hydrogens is 158 g/mol. The van der Waals surface area contributed by atoms with E-state index in [0.29, 0.717) is 0 Å². The van der Waals surface area contributed by atoms with Gasteiger partial charge in [0.1, 0.15) is 0 Å². The minimum absolute atomic E-state index is 1.06. The second kappa shape index (κ2) is 5.64. The Hall–Kier alpha value is -0.0400. The second-order valence-corrected chi connectivity index (χ2v) is 4.36. The van der Waals surface area contributed by atoms with Crippen molar-refractivity contribution in [3.05, 3.63) is 0 Å². The molecule has 0 N–H and O–H groups in total. The van der Waals surface area contributed by atoms with Crippen molar-refractivity contribution in [2.45, 2.75) is 46.0 Å². The maximum Gasteiger partial charge on any atom is 0.000926 e. The van der Waals surface area contributed by atoms with Crippen molar-refractivity contribution >= 4 is 0 Å². The lowest BCUT2D eigenvalue weighted by atomic mass is 9.75. The molecule has 1 aliphatic heterocycles. The second-order valence-electron chi connectivity index (χ2n) is 4.36. The molecule has 1 heteroatoms. The van der Waals surface area contributed by atoms with E-state index in [4.69, 9.17) is 0 Å². The first-order valence-corrected chi connectivity index (χ1v) is 6.05. The molecule has 1 heterocycles. The van der Waals surface area contributed by atoms with Crippen molar-refractivity contribution < 1.29 is 0 Å². The van der Waals surface area contributed by atoms with Crippen molar-refractivity contribution in [1.82, 2.24) is 4.90 Å². The van der Waals surface area contributed by atoms with Gasteiger partial charge >= 0.3 is 0 Å². The Balaban J connectivity index is 0.000000396. The molecule has 1 saturated heterocycles. The summed E-state index contributed by atoms with van der Waals surface area (Å²) in [4.78, 5) is 2.51. The van der Waals surface area contributed by atoms with Crippen LogP contribution in [0.25, 0.3) is 0 Å². The predicted octanol–water partition coefficient (Wildman–Crippen LogP) is 3.15. The molecule has 0 aromatic rings. The first kappa shape index (κ1) is 11.0. The molecule has 2 atom stereocenters. The normalized spacial score (nSPS) is 34.4. The fourth-order valence-corrected chi connectivity index (χ4v) is 2.78. The number of rotatable bonds is 0.